The second kappa shape index (κ2) is 7.80. The molecule has 7 heteroatoms. The number of fused-ring (bicyclic) bond motifs is 2. The van der Waals surface area contributed by atoms with Crippen molar-refractivity contribution < 1.29 is 9.59 Å². The van der Waals surface area contributed by atoms with E-state index in [1.54, 1.807) is 0 Å². The summed E-state index contributed by atoms with van der Waals surface area (Å²) in [6.07, 6.45) is 3.00. The Balaban J connectivity index is 1.35. The van der Waals surface area contributed by atoms with Crippen molar-refractivity contribution in [1.82, 2.24) is 14.9 Å². The SMILES string of the molecule is C[C@H]1Cc2ccccc2N1C(=O)CSc1nc2ccccc2n1CC(=O)NC1CC1. The molecule has 1 aliphatic carbocycles. The van der Waals surface area contributed by atoms with E-state index in [-0.39, 0.29) is 30.2 Å². The fourth-order valence-corrected chi connectivity index (χ4v) is 4.98. The molecule has 1 fully saturated rings. The molecule has 1 aliphatic heterocycles. The lowest BCUT2D eigenvalue weighted by Gasteiger charge is -2.22. The second-order valence-corrected chi connectivity index (χ2v) is 8.99. The normalized spacial score (nSPS) is 17.9. The van der Waals surface area contributed by atoms with Gasteiger partial charge in [0, 0.05) is 17.8 Å². The van der Waals surface area contributed by atoms with Gasteiger partial charge in [0.15, 0.2) is 5.16 Å². The number of amides is 2. The smallest absolute Gasteiger partial charge is 0.240 e. The molecule has 154 valence electrons. The maximum atomic E-state index is 13.1. The van der Waals surface area contributed by atoms with Gasteiger partial charge in [-0.2, -0.15) is 0 Å². The molecule has 0 radical (unpaired) electrons. The molecule has 30 heavy (non-hydrogen) atoms. The molecule has 1 saturated carbocycles. The monoisotopic (exact) mass is 420 g/mol. The molecule has 1 N–H and O–H groups in total. The number of carbonyl (C=O) groups is 2. The fourth-order valence-electron chi connectivity index (χ4n) is 4.10. The molecule has 2 heterocycles. The van der Waals surface area contributed by atoms with Gasteiger partial charge < -0.3 is 14.8 Å². The van der Waals surface area contributed by atoms with Gasteiger partial charge in [-0.15, -0.1) is 0 Å². The zero-order valence-electron chi connectivity index (χ0n) is 16.9. The van der Waals surface area contributed by atoms with Gasteiger partial charge in [0.05, 0.1) is 16.8 Å². The van der Waals surface area contributed by atoms with Crippen LogP contribution in [-0.4, -0.2) is 39.2 Å². The Hall–Kier alpha value is -2.80. The van der Waals surface area contributed by atoms with Crippen LogP contribution in [0.3, 0.4) is 0 Å². The predicted octanol–water partition coefficient (Wildman–Crippen LogP) is 3.38. The number of carbonyl (C=O) groups excluding carboxylic acids is 2. The molecule has 0 saturated heterocycles. The fraction of sp³-hybridized carbons (Fsp3) is 0.348. The predicted molar refractivity (Wildman–Crippen MR) is 119 cm³/mol. The van der Waals surface area contributed by atoms with Crippen molar-refractivity contribution in [3.63, 3.8) is 0 Å². The molecule has 1 atom stereocenters. The molecule has 2 amide bonds. The molecule has 0 spiro atoms. The van der Waals surface area contributed by atoms with Crippen LogP contribution in [0.1, 0.15) is 25.3 Å². The topological polar surface area (TPSA) is 67.2 Å². The van der Waals surface area contributed by atoms with Crippen LogP contribution in [0.15, 0.2) is 53.7 Å². The zero-order chi connectivity index (χ0) is 20.7. The number of nitrogens with one attached hydrogen (secondary N) is 1. The summed E-state index contributed by atoms with van der Waals surface area (Å²) in [6.45, 7) is 2.30. The lowest BCUT2D eigenvalue weighted by Crippen LogP contribution is -2.37. The first-order valence-corrected chi connectivity index (χ1v) is 11.4. The largest absolute Gasteiger partial charge is 0.352 e. The number of imidazole rings is 1. The van der Waals surface area contributed by atoms with Gasteiger partial charge in [-0.05, 0) is 49.9 Å². The van der Waals surface area contributed by atoms with Crippen molar-refractivity contribution >= 4 is 40.3 Å². The number of anilines is 1. The van der Waals surface area contributed by atoms with E-state index < -0.39 is 0 Å². The van der Waals surface area contributed by atoms with Crippen molar-refractivity contribution in [2.24, 2.45) is 0 Å². The Morgan fingerprint density at radius 1 is 1.13 bits per heavy atom. The van der Waals surface area contributed by atoms with E-state index in [9.17, 15) is 9.59 Å². The molecule has 2 aromatic carbocycles. The number of para-hydroxylation sites is 3. The van der Waals surface area contributed by atoms with Crippen molar-refractivity contribution in [1.29, 1.82) is 0 Å². The zero-order valence-corrected chi connectivity index (χ0v) is 17.7. The van der Waals surface area contributed by atoms with Crippen molar-refractivity contribution in [2.45, 2.75) is 50.0 Å². The van der Waals surface area contributed by atoms with Gasteiger partial charge in [-0.3, -0.25) is 9.59 Å². The number of benzene rings is 2. The third kappa shape index (κ3) is 3.69. The molecular weight excluding hydrogens is 396 g/mol. The van der Waals surface area contributed by atoms with Crippen LogP contribution in [-0.2, 0) is 22.6 Å². The highest BCUT2D eigenvalue weighted by Crippen LogP contribution is 2.33. The first kappa shape index (κ1) is 19.2. The van der Waals surface area contributed by atoms with Gasteiger partial charge in [-0.1, -0.05) is 42.1 Å². The molecule has 3 aromatic rings. The number of thioether (sulfide) groups is 1. The highest BCUT2D eigenvalue weighted by molar-refractivity contribution is 7.99. The third-order valence-electron chi connectivity index (χ3n) is 5.66. The minimum Gasteiger partial charge on any atom is -0.352 e. The maximum absolute atomic E-state index is 13.1. The molecular formula is C23H24N4O2S. The summed E-state index contributed by atoms with van der Waals surface area (Å²) in [4.78, 5) is 32.1. The maximum Gasteiger partial charge on any atom is 0.240 e. The van der Waals surface area contributed by atoms with Gasteiger partial charge in [0.25, 0.3) is 0 Å². The van der Waals surface area contributed by atoms with Gasteiger partial charge >= 0.3 is 0 Å². The lowest BCUT2D eigenvalue weighted by molar-refractivity contribution is -0.121. The lowest BCUT2D eigenvalue weighted by atomic mass is 10.1. The second-order valence-electron chi connectivity index (χ2n) is 8.05. The minimum absolute atomic E-state index is 0.00378. The Bertz CT molecular complexity index is 1120. The molecule has 2 aliphatic rings. The molecule has 1 aromatic heterocycles. The van der Waals surface area contributed by atoms with Crippen LogP contribution >= 0.6 is 11.8 Å². The molecule has 0 unspecified atom stereocenters. The van der Waals surface area contributed by atoms with Crippen LogP contribution in [0.2, 0.25) is 0 Å². The standard InChI is InChI=1S/C23H24N4O2S/c1-15-12-16-6-2-4-8-19(16)27(15)22(29)14-30-23-25-18-7-3-5-9-20(18)26(23)13-21(28)24-17-10-11-17/h2-9,15,17H,10-14H2,1H3,(H,24,28)/t15-/m0/s1. The number of hydrogen-bond donors (Lipinski definition) is 1. The van der Waals surface area contributed by atoms with E-state index in [1.165, 1.54) is 17.3 Å². The van der Waals surface area contributed by atoms with Crippen LogP contribution in [0, 0.1) is 0 Å². The summed E-state index contributed by atoms with van der Waals surface area (Å²) in [6, 6.07) is 16.4. The van der Waals surface area contributed by atoms with E-state index in [4.69, 9.17) is 4.98 Å². The Kier molecular flexibility index (Phi) is 4.98. The first-order valence-electron chi connectivity index (χ1n) is 10.4. The van der Waals surface area contributed by atoms with Crippen LogP contribution in [0.5, 0.6) is 0 Å². The van der Waals surface area contributed by atoms with Crippen LogP contribution in [0.25, 0.3) is 11.0 Å². The number of rotatable bonds is 6. The summed E-state index contributed by atoms with van der Waals surface area (Å²) in [7, 11) is 0. The Labute approximate surface area is 179 Å². The Morgan fingerprint density at radius 2 is 1.90 bits per heavy atom. The van der Waals surface area contributed by atoms with Gasteiger partial charge in [0.2, 0.25) is 11.8 Å². The highest BCUT2D eigenvalue weighted by Gasteiger charge is 2.31. The molecule has 6 nitrogen and oxygen atoms in total. The van der Waals surface area contributed by atoms with E-state index in [2.05, 4.69) is 18.3 Å². The van der Waals surface area contributed by atoms with Crippen LogP contribution < -0.4 is 10.2 Å². The Morgan fingerprint density at radius 3 is 2.73 bits per heavy atom. The van der Waals surface area contributed by atoms with E-state index in [0.717, 1.165) is 36.0 Å². The highest BCUT2D eigenvalue weighted by atomic mass is 32.2. The van der Waals surface area contributed by atoms with E-state index >= 15 is 0 Å². The van der Waals surface area contributed by atoms with Crippen molar-refractivity contribution in [2.75, 3.05) is 10.7 Å². The summed E-state index contributed by atoms with van der Waals surface area (Å²) >= 11 is 1.40. The van der Waals surface area contributed by atoms with Crippen LogP contribution in [0.4, 0.5) is 5.69 Å². The number of nitrogens with zero attached hydrogens (tertiary/aromatic N) is 3. The summed E-state index contributed by atoms with van der Waals surface area (Å²) in [5.41, 5.74) is 3.98. The number of aromatic nitrogens is 2. The third-order valence-corrected chi connectivity index (χ3v) is 6.63. The summed E-state index contributed by atoms with van der Waals surface area (Å²) < 4.78 is 1.92. The molecule has 0 bridgehead atoms. The van der Waals surface area contributed by atoms with E-state index in [0.29, 0.717) is 11.2 Å². The average Bonchev–Trinajstić information content (AvgIpc) is 3.38. The van der Waals surface area contributed by atoms with Gasteiger partial charge in [0.1, 0.15) is 6.54 Å². The minimum atomic E-state index is -0.00378. The van der Waals surface area contributed by atoms with Gasteiger partial charge in [-0.25, -0.2) is 4.98 Å². The quantitative estimate of drug-likeness (QED) is 0.621. The average molecular weight is 421 g/mol. The first-order chi connectivity index (χ1) is 14.6. The summed E-state index contributed by atoms with van der Waals surface area (Å²) in [5, 5.41) is 3.74. The van der Waals surface area contributed by atoms with Crippen molar-refractivity contribution in [3.05, 3.63) is 54.1 Å². The molecule has 5 rings (SSSR count). The van der Waals surface area contributed by atoms with Crippen molar-refractivity contribution in [3.8, 4) is 0 Å². The number of hydrogen-bond acceptors (Lipinski definition) is 4. The summed E-state index contributed by atoms with van der Waals surface area (Å²) in [5.74, 6) is 0.348. The van der Waals surface area contributed by atoms with E-state index in [1.807, 2.05) is 51.9 Å².